The lowest BCUT2D eigenvalue weighted by molar-refractivity contribution is -0.143. The number of ether oxygens (including phenoxy) is 1. The Kier molecular flexibility index (Phi) is 8.89. The van der Waals surface area contributed by atoms with Crippen molar-refractivity contribution in [2.24, 2.45) is 5.92 Å². The van der Waals surface area contributed by atoms with E-state index in [4.69, 9.17) is 0 Å². The summed E-state index contributed by atoms with van der Waals surface area (Å²) in [6, 6.07) is 0. The molecule has 0 rings (SSSR count). The molecule has 0 radical (unpaired) electrons. The molecule has 0 bridgehead atoms. The summed E-state index contributed by atoms with van der Waals surface area (Å²) in [6.07, 6.45) is 8.39. The fourth-order valence-electron chi connectivity index (χ4n) is 1.48. The normalized spacial score (nSPS) is 12.2. The molecule has 0 heterocycles. The standard InChI is InChI=1S/C15H24O3/c1-12(2)7-5-8-13(3)9-6-10-14(16)11-15(17)18-4/h5,7-8,13H,6,9-11H2,1-4H3/b8-5+. The van der Waals surface area contributed by atoms with Crippen LogP contribution in [0.3, 0.4) is 0 Å². The number of Topliss-reactive ketones (excluding diaryl/α,β-unsaturated/α-hetero) is 1. The molecule has 0 aliphatic heterocycles. The van der Waals surface area contributed by atoms with E-state index in [1.807, 2.05) is 0 Å². The first-order valence-electron chi connectivity index (χ1n) is 6.36. The van der Waals surface area contributed by atoms with Crippen LogP contribution in [0.1, 0.15) is 46.5 Å². The number of carbonyl (C=O) groups excluding carboxylic acids is 2. The topological polar surface area (TPSA) is 43.4 Å². The third-order valence-corrected chi connectivity index (χ3v) is 2.55. The Labute approximate surface area is 110 Å². The van der Waals surface area contributed by atoms with Gasteiger partial charge >= 0.3 is 5.97 Å². The summed E-state index contributed by atoms with van der Waals surface area (Å²) in [5.41, 5.74) is 1.27. The molecule has 0 amide bonds. The van der Waals surface area contributed by atoms with Gasteiger partial charge in [0.25, 0.3) is 0 Å². The van der Waals surface area contributed by atoms with Crippen LogP contribution in [0, 0.1) is 5.92 Å². The second-order valence-corrected chi connectivity index (χ2v) is 4.79. The van der Waals surface area contributed by atoms with Gasteiger partial charge in [-0.15, -0.1) is 0 Å². The monoisotopic (exact) mass is 252 g/mol. The number of ketones is 1. The highest BCUT2D eigenvalue weighted by Crippen LogP contribution is 2.10. The van der Waals surface area contributed by atoms with Crippen molar-refractivity contribution >= 4 is 11.8 Å². The van der Waals surface area contributed by atoms with Gasteiger partial charge in [-0.25, -0.2) is 0 Å². The van der Waals surface area contributed by atoms with Gasteiger partial charge in [0.05, 0.1) is 7.11 Å². The number of esters is 1. The minimum Gasteiger partial charge on any atom is -0.469 e. The Morgan fingerprint density at radius 1 is 1.28 bits per heavy atom. The van der Waals surface area contributed by atoms with Gasteiger partial charge in [0, 0.05) is 6.42 Å². The van der Waals surface area contributed by atoms with Gasteiger partial charge in [-0.1, -0.05) is 30.7 Å². The average Bonchev–Trinajstić information content (AvgIpc) is 2.28. The first kappa shape index (κ1) is 16.6. The van der Waals surface area contributed by atoms with Crippen LogP contribution in [0.5, 0.6) is 0 Å². The number of hydrogen-bond acceptors (Lipinski definition) is 3. The fraction of sp³-hybridized carbons (Fsp3) is 0.600. The van der Waals surface area contributed by atoms with E-state index in [0.717, 1.165) is 12.8 Å². The quantitative estimate of drug-likeness (QED) is 0.377. The summed E-state index contributed by atoms with van der Waals surface area (Å²) in [5.74, 6) is -0.0367. The molecule has 0 aliphatic rings. The number of rotatable bonds is 8. The second-order valence-electron chi connectivity index (χ2n) is 4.79. The van der Waals surface area contributed by atoms with Crippen LogP contribution in [0.25, 0.3) is 0 Å². The van der Waals surface area contributed by atoms with E-state index < -0.39 is 5.97 Å². The predicted octanol–water partition coefficient (Wildman–Crippen LogP) is 3.45. The molecule has 0 saturated carbocycles. The molecule has 0 fully saturated rings. The van der Waals surface area contributed by atoms with Crippen molar-refractivity contribution in [1.29, 1.82) is 0 Å². The highest BCUT2D eigenvalue weighted by molar-refractivity contribution is 5.95. The number of hydrogen-bond donors (Lipinski definition) is 0. The van der Waals surface area contributed by atoms with Crippen molar-refractivity contribution in [3.05, 3.63) is 23.8 Å². The molecule has 3 nitrogen and oxygen atoms in total. The van der Waals surface area contributed by atoms with E-state index in [0.29, 0.717) is 12.3 Å². The third kappa shape index (κ3) is 9.82. The second kappa shape index (κ2) is 9.63. The van der Waals surface area contributed by atoms with Crippen LogP contribution in [0.2, 0.25) is 0 Å². The van der Waals surface area contributed by atoms with Crippen molar-refractivity contribution in [1.82, 2.24) is 0 Å². The zero-order chi connectivity index (χ0) is 14.0. The number of methoxy groups -OCH3 is 1. The Balaban J connectivity index is 3.77. The average molecular weight is 252 g/mol. The summed E-state index contributed by atoms with van der Waals surface area (Å²) in [4.78, 5) is 22.2. The summed E-state index contributed by atoms with van der Waals surface area (Å²) < 4.78 is 4.45. The highest BCUT2D eigenvalue weighted by atomic mass is 16.5. The maximum absolute atomic E-state index is 11.4. The van der Waals surface area contributed by atoms with Crippen LogP contribution in [-0.4, -0.2) is 18.9 Å². The lowest BCUT2D eigenvalue weighted by Gasteiger charge is -2.05. The molecule has 1 unspecified atom stereocenters. The van der Waals surface area contributed by atoms with Crippen LogP contribution < -0.4 is 0 Å². The van der Waals surface area contributed by atoms with E-state index >= 15 is 0 Å². The maximum atomic E-state index is 11.4. The molecular weight excluding hydrogens is 228 g/mol. The zero-order valence-corrected chi connectivity index (χ0v) is 11.9. The molecule has 1 atom stereocenters. The molecular formula is C15H24O3. The van der Waals surface area contributed by atoms with Crippen molar-refractivity contribution < 1.29 is 14.3 Å². The van der Waals surface area contributed by atoms with Crippen LogP contribution in [-0.2, 0) is 14.3 Å². The van der Waals surface area contributed by atoms with Crippen LogP contribution in [0.15, 0.2) is 23.8 Å². The molecule has 18 heavy (non-hydrogen) atoms. The minimum absolute atomic E-state index is 0.0395. The molecule has 102 valence electrons. The van der Waals surface area contributed by atoms with Crippen molar-refractivity contribution in [2.45, 2.75) is 46.5 Å². The lowest BCUT2D eigenvalue weighted by atomic mass is 10.0. The van der Waals surface area contributed by atoms with Crippen molar-refractivity contribution in [3.8, 4) is 0 Å². The lowest BCUT2D eigenvalue weighted by Crippen LogP contribution is -2.09. The Bertz CT molecular complexity index is 323. The molecule has 0 saturated heterocycles. The third-order valence-electron chi connectivity index (χ3n) is 2.55. The molecule has 3 heteroatoms. The largest absolute Gasteiger partial charge is 0.469 e. The molecule has 0 aromatic rings. The smallest absolute Gasteiger partial charge is 0.313 e. The van der Waals surface area contributed by atoms with Crippen molar-refractivity contribution in [2.75, 3.05) is 7.11 Å². The van der Waals surface area contributed by atoms with Gasteiger partial charge in [-0.2, -0.15) is 0 Å². The van der Waals surface area contributed by atoms with Crippen molar-refractivity contribution in [3.63, 3.8) is 0 Å². The first-order valence-corrected chi connectivity index (χ1v) is 6.36. The Morgan fingerprint density at radius 2 is 1.94 bits per heavy atom. The van der Waals surface area contributed by atoms with Crippen LogP contribution >= 0.6 is 0 Å². The minimum atomic E-state index is -0.448. The number of carbonyl (C=O) groups is 2. The fourth-order valence-corrected chi connectivity index (χ4v) is 1.48. The summed E-state index contributed by atoms with van der Waals surface area (Å²) >= 11 is 0. The maximum Gasteiger partial charge on any atom is 0.313 e. The van der Waals surface area contributed by atoms with Gasteiger partial charge in [-0.3, -0.25) is 9.59 Å². The van der Waals surface area contributed by atoms with Crippen LogP contribution in [0.4, 0.5) is 0 Å². The van der Waals surface area contributed by atoms with Gasteiger partial charge in [0.1, 0.15) is 12.2 Å². The first-order chi connectivity index (χ1) is 8.45. The summed E-state index contributed by atoms with van der Waals surface area (Å²) in [6.45, 7) is 6.24. The van der Waals surface area contributed by atoms with Gasteiger partial charge < -0.3 is 4.74 Å². The van der Waals surface area contributed by atoms with E-state index in [1.54, 1.807) is 0 Å². The zero-order valence-electron chi connectivity index (χ0n) is 11.9. The van der Waals surface area contributed by atoms with Gasteiger partial charge in [0.15, 0.2) is 0 Å². The Morgan fingerprint density at radius 3 is 2.50 bits per heavy atom. The Hall–Kier alpha value is -1.38. The predicted molar refractivity (Wildman–Crippen MR) is 73.2 cm³/mol. The van der Waals surface area contributed by atoms with Gasteiger partial charge in [0.2, 0.25) is 0 Å². The number of allylic oxidation sites excluding steroid dienone is 4. The SMILES string of the molecule is COC(=O)CC(=O)CCCC(C)/C=C/C=C(C)C. The van der Waals surface area contributed by atoms with E-state index in [2.05, 4.69) is 43.7 Å². The molecule has 0 N–H and O–H groups in total. The molecule has 0 spiro atoms. The van der Waals surface area contributed by atoms with Gasteiger partial charge in [-0.05, 0) is 32.6 Å². The van der Waals surface area contributed by atoms with E-state index in [1.165, 1.54) is 12.7 Å². The van der Waals surface area contributed by atoms with E-state index in [-0.39, 0.29) is 12.2 Å². The molecule has 0 aliphatic carbocycles. The summed E-state index contributed by atoms with van der Waals surface area (Å²) in [5, 5.41) is 0. The highest BCUT2D eigenvalue weighted by Gasteiger charge is 2.09. The summed E-state index contributed by atoms with van der Waals surface area (Å²) in [7, 11) is 1.30. The molecule has 0 aromatic heterocycles. The van der Waals surface area contributed by atoms with E-state index in [9.17, 15) is 9.59 Å². The molecule has 0 aromatic carbocycles.